The third-order valence-corrected chi connectivity index (χ3v) is 7.96. The first-order valence-electron chi connectivity index (χ1n) is 12.8. The van der Waals surface area contributed by atoms with Crippen LogP contribution in [-0.2, 0) is 20.9 Å². The predicted molar refractivity (Wildman–Crippen MR) is 132 cm³/mol. The number of carbonyl (C=O) groups is 3. The molecule has 190 valence electrons. The summed E-state index contributed by atoms with van der Waals surface area (Å²) in [6.07, 6.45) is 8.69. The second kappa shape index (κ2) is 10.8. The topological polar surface area (TPSA) is 149 Å². The maximum absolute atomic E-state index is 13.8. The van der Waals surface area contributed by atoms with Gasteiger partial charge in [-0.05, 0) is 43.1 Å². The van der Waals surface area contributed by atoms with Crippen molar-refractivity contribution in [2.24, 2.45) is 17.6 Å². The van der Waals surface area contributed by atoms with Gasteiger partial charge in [0.1, 0.15) is 11.4 Å². The number of nitrogens with zero attached hydrogens (tertiary/aromatic N) is 1. The molecule has 4 rings (SSSR count). The largest absolute Gasteiger partial charge is 0.480 e. The highest BCUT2D eigenvalue weighted by molar-refractivity contribution is 5.97. The lowest BCUT2D eigenvalue weighted by atomic mass is 9.84. The number of amides is 2. The average molecular weight is 484 g/mol. The molecule has 1 aromatic carbocycles. The Morgan fingerprint density at radius 3 is 2.49 bits per heavy atom. The van der Waals surface area contributed by atoms with Crippen molar-refractivity contribution in [3.05, 3.63) is 35.4 Å². The van der Waals surface area contributed by atoms with E-state index in [2.05, 4.69) is 10.6 Å². The Morgan fingerprint density at radius 1 is 1.11 bits per heavy atom. The highest BCUT2D eigenvalue weighted by Crippen LogP contribution is 2.54. The molecule has 0 unspecified atom stereocenters. The summed E-state index contributed by atoms with van der Waals surface area (Å²) in [5.41, 5.74) is 6.20. The number of likely N-dealkylation sites (tertiary alicyclic amines) is 1. The second-order valence-corrected chi connectivity index (χ2v) is 10.3. The van der Waals surface area contributed by atoms with E-state index in [9.17, 15) is 19.5 Å². The van der Waals surface area contributed by atoms with Crippen LogP contribution in [0, 0.1) is 17.2 Å². The van der Waals surface area contributed by atoms with Crippen LogP contribution >= 0.6 is 0 Å². The van der Waals surface area contributed by atoms with E-state index in [0.29, 0.717) is 37.4 Å². The van der Waals surface area contributed by atoms with Gasteiger partial charge in [-0.15, -0.1) is 0 Å². The number of carboxylic acids is 1. The maximum atomic E-state index is 13.8. The lowest BCUT2D eigenvalue weighted by Crippen LogP contribution is -2.59. The van der Waals surface area contributed by atoms with E-state index in [-0.39, 0.29) is 30.1 Å². The van der Waals surface area contributed by atoms with Gasteiger partial charge < -0.3 is 21.1 Å². The molecule has 9 nitrogen and oxygen atoms in total. The lowest BCUT2D eigenvalue weighted by Gasteiger charge is -2.38. The minimum absolute atomic E-state index is 0.00375. The molecule has 1 saturated heterocycles. The number of nitrogens with one attached hydrogen (secondary N) is 3. The minimum atomic E-state index is -0.988. The van der Waals surface area contributed by atoms with E-state index in [4.69, 9.17) is 11.1 Å². The Morgan fingerprint density at radius 2 is 1.83 bits per heavy atom. The molecule has 2 amide bonds. The summed E-state index contributed by atoms with van der Waals surface area (Å²) in [4.78, 5) is 40.2. The fourth-order valence-corrected chi connectivity index (χ4v) is 5.95. The molecular formula is C26H37N5O4. The van der Waals surface area contributed by atoms with Crippen molar-refractivity contribution in [3.8, 4) is 0 Å². The number of carboxylic acid groups (broad SMARTS) is 1. The average Bonchev–Trinajstić information content (AvgIpc) is 3.61. The molecule has 35 heavy (non-hydrogen) atoms. The summed E-state index contributed by atoms with van der Waals surface area (Å²) in [6.45, 7) is 0.581. The van der Waals surface area contributed by atoms with Gasteiger partial charge in [-0.2, -0.15) is 0 Å². The quantitative estimate of drug-likeness (QED) is 0.254. The van der Waals surface area contributed by atoms with E-state index < -0.39 is 17.6 Å². The van der Waals surface area contributed by atoms with Crippen LogP contribution < -0.4 is 16.4 Å². The predicted octanol–water partition coefficient (Wildman–Crippen LogP) is 1.98. The van der Waals surface area contributed by atoms with Crippen LogP contribution in [0.4, 0.5) is 0 Å². The van der Waals surface area contributed by atoms with Gasteiger partial charge in [0.2, 0.25) is 11.8 Å². The van der Waals surface area contributed by atoms with E-state index in [0.717, 1.165) is 44.1 Å². The molecule has 1 aromatic rings. The van der Waals surface area contributed by atoms with Crippen LogP contribution in [0.1, 0.15) is 68.9 Å². The number of rotatable bonds is 10. The zero-order valence-corrected chi connectivity index (χ0v) is 20.2. The number of piperidine rings is 1. The normalized spacial score (nSPS) is 24.8. The number of nitrogen functional groups attached to an aromatic ring is 1. The Labute approximate surface area is 206 Å². The van der Waals surface area contributed by atoms with Crippen LogP contribution in [0.25, 0.3) is 0 Å². The van der Waals surface area contributed by atoms with Crippen molar-refractivity contribution in [1.29, 1.82) is 5.41 Å². The summed E-state index contributed by atoms with van der Waals surface area (Å²) >= 11 is 0. The number of nitrogens with two attached hydrogens (primary N) is 1. The first kappa shape index (κ1) is 25.2. The van der Waals surface area contributed by atoms with E-state index >= 15 is 0 Å². The summed E-state index contributed by atoms with van der Waals surface area (Å²) in [6, 6.07) is 6.58. The van der Waals surface area contributed by atoms with E-state index in [1.807, 2.05) is 12.1 Å². The monoisotopic (exact) mass is 483 g/mol. The minimum Gasteiger partial charge on any atom is -0.480 e. The zero-order valence-electron chi connectivity index (χ0n) is 20.2. The van der Waals surface area contributed by atoms with Crippen molar-refractivity contribution < 1.29 is 19.5 Å². The number of amidine groups is 1. The van der Waals surface area contributed by atoms with Crippen molar-refractivity contribution in [3.63, 3.8) is 0 Å². The molecule has 6 N–H and O–H groups in total. The lowest BCUT2D eigenvalue weighted by molar-refractivity contribution is -0.146. The maximum Gasteiger partial charge on any atom is 0.317 e. The first-order chi connectivity index (χ1) is 16.8. The van der Waals surface area contributed by atoms with Crippen molar-refractivity contribution in [2.45, 2.75) is 75.9 Å². The number of fused-ring (bicyclic) bond motifs is 1. The Balaban J connectivity index is 1.45. The second-order valence-electron chi connectivity index (χ2n) is 10.3. The molecule has 0 radical (unpaired) electrons. The van der Waals surface area contributed by atoms with Gasteiger partial charge in [0.15, 0.2) is 0 Å². The first-order valence-corrected chi connectivity index (χ1v) is 12.8. The summed E-state index contributed by atoms with van der Waals surface area (Å²) in [5, 5.41) is 22.7. The van der Waals surface area contributed by atoms with Gasteiger partial charge in [0.25, 0.3) is 0 Å². The fraction of sp³-hybridized carbons (Fsp3) is 0.615. The van der Waals surface area contributed by atoms with E-state index in [1.54, 1.807) is 17.0 Å². The molecule has 2 aliphatic carbocycles. The number of aliphatic carboxylic acids is 1. The number of hydrogen-bond acceptors (Lipinski definition) is 5. The molecule has 1 heterocycles. The van der Waals surface area contributed by atoms with E-state index in [1.165, 1.54) is 6.42 Å². The Bertz CT molecular complexity index is 959. The Kier molecular flexibility index (Phi) is 7.74. The smallest absolute Gasteiger partial charge is 0.317 e. The molecule has 0 aromatic heterocycles. The zero-order chi connectivity index (χ0) is 25.0. The highest BCUT2D eigenvalue weighted by Gasteiger charge is 2.66. The van der Waals surface area contributed by atoms with Gasteiger partial charge in [-0.1, -0.05) is 56.4 Å². The van der Waals surface area contributed by atoms with Crippen LogP contribution in [-0.4, -0.2) is 58.3 Å². The van der Waals surface area contributed by atoms with Gasteiger partial charge >= 0.3 is 5.97 Å². The molecule has 2 saturated carbocycles. The number of carbonyl (C=O) groups excluding carboxylic acids is 2. The number of hydrogen-bond donors (Lipinski definition) is 5. The summed E-state index contributed by atoms with van der Waals surface area (Å²) in [5.74, 6) is -0.717. The van der Waals surface area contributed by atoms with Gasteiger partial charge in [-0.25, -0.2) is 0 Å². The molecule has 0 bridgehead atoms. The third kappa shape index (κ3) is 5.66. The van der Waals surface area contributed by atoms with Gasteiger partial charge in [0, 0.05) is 18.7 Å². The molecule has 3 aliphatic rings. The summed E-state index contributed by atoms with van der Waals surface area (Å²) in [7, 11) is 0. The van der Waals surface area contributed by atoms with Crippen LogP contribution in [0.5, 0.6) is 0 Å². The van der Waals surface area contributed by atoms with Crippen molar-refractivity contribution in [1.82, 2.24) is 15.5 Å². The SMILES string of the molecule is N=C(N)c1ccc(CNC(=O)[C@]23C[C@H]2CCCN3C(=O)[C@@H](CC2CCCCC2)NCC(=O)O)cc1. The molecule has 3 fully saturated rings. The third-order valence-electron chi connectivity index (χ3n) is 7.96. The molecule has 1 aliphatic heterocycles. The fourth-order valence-electron chi connectivity index (χ4n) is 5.95. The standard InChI is InChI=1S/C26H37N5O4/c27-23(28)19-10-8-18(9-11-19)15-30-25(35)26-14-20(26)7-4-12-31(26)24(34)21(29-16-22(32)33)13-17-5-2-1-3-6-17/h8-11,17,20-21,29H,1-7,12-16H2,(H3,27,28)(H,30,35)(H,32,33)/t20-,21-,26+/m1/s1. The molecule has 3 atom stereocenters. The molecule has 9 heteroatoms. The van der Waals surface area contributed by atoms with Crippen LogP contribution in [0.2, 0.25) is 0 Å². The van der Waals surface area contributed by atoms with Crippen LogP contribution in [0.3, 0.4) is 0 Å². The van der Waals surface area contributed by atoms with Crippen molar-refractivity contribution in [2.75, 3.05) is 13.1 Å². The van der Waals surface area contributed by atoms with Crippen molar-refractivity contribution >= 4 is 23.6 Å². The number of benzene rings is 1. The Hall–Kier alpha value is -2.94. The summed E-state index contributed by atoms with van der Waals surface area (Å²) < 4.78 is 0. The van der Waals surface area contributed by atoms with Crippen LogP contribution in [0.15, 0.2) is 24.3 Å². The van der Waals surface area contributed by atoms with Gasteiger partial charge in [0.05, 0.1) is 12.6 Å². The van der Waals surface area contributed by atoms with Gasteiger partial charge in [-0.3, -0.25) is 25.1 Å². The highest BCUT2D eigenvalue weighted by atomic mass is 16.4. The molecule has 0 spiro atoms. The molecular weight excluding hydrogens is 446 g/mol.